The van der Waals surface area contributed by atoms with Crippen LogP contribution < -0.4 is 0 Å². The normalized spacial score (nSPS) is 7.64. The summed E-state index contributed by atoms with van der Waals surface area (Å²) in [6.07, 6.45) is -1.83. The predicted molar refractivity (Wildman–Crippen MR) is 42.4 cm³/mol. The van der Waals surface area contributed by atoms with E-state index in [0.717, 1.165) is 0 Å². The van der Waals surface area contributed by atoms with E-state index in [9.17, 15) is 0 Å². The number of carboxylic acid groups (broad SMARTS) is 2. The fourth-order valence-corrected chi connectivity index (χ4v) is 0. The van der Waals surface area contributed by atoms with E-state index in [-0.39, 0.29) is 46.9 Å². The summed E-state index contributed by atoms with van der Waals surface area (Å²) in [5.74, 6) is 0. The monoisotopic (exact) mass is 212 g/mol. The van der Waals surface area contributed by atoms with Gasteiger partial charge in [-0.1, -0.05) is 0 Å². The Morgan fingerprint density at radius 2 is 1.00 bits per heavy atom. The van der Waals surface area contributed by atoms with Gasteiger partial charge in [0.15, 0.2) is 17.4 Å². The fourth-order valence-electron chi connectivity index (χ4n) is 0. The zero-order valence-corrected chi connectivity index (χ0v) is 5.09. The number of hydrogen-bond donors (Lipinski definition) is 6. The standard InChI is InChI=1S/CH2O3.Al.Na.H4O4Si.4H/c2-1(3)4;;;1-5(2,3)4;;;;/h(H2,2,3,4);;;1-4H;;;;. The molecule has 0 aliphatic rings. The van der Waals surface area contributed by atoms with Crippen LogP contribution in [0.25, 0.3) is 0 Å². The zero-order valence-electron chi connectivity index (χ0n) is 4.09. The van der Waals surface area contributed by atoms with Crippen LogP contribution in [-0.4, -0.2) is 91.5 Å². The minimum absolute atomic E-state index is 0. The number of rotatable bonds is 0. The Hall–Kier alpha value is 0.859. The van der Waals surface area contributed by atoms with Crippen LogP contribution in [-0.2, 0) is 0 Å². The molecule has 0 saturated carbocycles. The summed E-state index contributed by atoms with van der Waals surface area (Å²) < 4.78 is 0. The van der Waals surface area contributed by atoms with Crippen molar-refractivity contribution in [3.8, 4) is 0 Å². The van der Waals surface area contributed by atoms with Crippen molar-refractivity contribution in [3.05, 3.63) is 0 Å². The van der Waals surface area contributed by atoms with Crippen LogP contribution in [0.2, 0.25) is 0 Å². The average Bonchev–Trinajstić information content (AvgIpc) is 1.19. The maximum absolute atomic E-state index is 8.56. The van der Waals surface area contributed by atoms with Crippen LogP contribution >= 0.6 is 0 Å². The van der Waals surface area contributed by atoms with Crippen LogP contribution in [0.15, 0.2) is 0 Å². The van der Waals surface area contributed by atoms with E-state index < -0.39 is 15.2 Å². The van der Waals surface area contributed by atoms with Crippen molar-refractivity contribution < 1.29 is 34.2 Å². The topological polar surface area (TPSA) is 138 Å². The van der Waals surface area contributed by atoms with E-state index >= 15 is 0 Å². The average molecular weight is 212 g/mol. The maximum atomic E-state index is 8.56. The minimum atomic E-state index is -4.61. The molecule has 0 spiro atoms. The quantitative estimate of drug-likeness (QED) is 0.224. The molecule has 7 nitrogen and oxygen atoms in total. The summed E-state index contributed by atoms with van der Waals surface area (Å²) in [4.78, 5) is 37.9. The molecule has 10 heteroatoms. The van der Waals surface area contributed by atoms with Crippen LogP contribution in [0, 0.1) is 0 Å². The molecule has 0 aliphatic carbocycles. The molecule has 0 amide bonds. The molecule has 0 atom stereocenters. The van der Waals surface area contributed by atoms with Crippen molar-refractivity contribution in [2.75, 3.05) is 0 Å². The van der Waals surface area contributed by atoms with E-state index in [1.54, 1.807) is 0 Å². The molecule has 0 heterocycles. The summed E-state index contributed by atoms with van der Waals surface area (Å²) in [5, 5.41) is 13.9. The van der Waals surface area contributed by atoms with Gasteiger partial charge >= 0.3 is 44.8 Å². The summed E-state index contributed by atoms with van der Waals surface area (Å²) in [5.41, 5.74) is 0. The van der Waals surface area contributed by atoms with E-state index in [4.69, 9.17) is 34.2 Å². The van der Waals surface area contributed by atoms with Crippen molar-refractivity contribution in [2.45, 2.75) is 0 Å². The van der Waals surface area contributed by atoms with Gasteiger partial charge in [-0.3, -0.25) is 0 Å². The molecule has 0 aromatic carbocycles. The molecule has 11 heavy (non-hydrogen) atoms. The predicted octanol–water partition coefficient (Wildman–Crippen LogP) is -4.22. The molecular weight excluding hydrogens is 202 g/mol. The van der Waals surface area contributed by atoms with Gasteiger partial charge in [0.05, 0.1) is 0 Å². The molecule has 0 saturated heterocycles. The van der Waals surface area contributed by atoms with Gasteiger partial charge in [-0.05, 0) is 0 Å². The molecule has 0 rings (SSSR count). The van der Waals surface area contributed by atoms with Crippen molar-refractivity contribution >= 4 is 62.1 Å². The Kier molecular flexibility index (Phi) is 22.4. The summed E-state index contributed by atoms with van der Waals surface area (Å²) >= 11 is 0. The number of carbonyl (C=O) groups is 1. The Balaban J connectivity index is -0.0000000383. The van der Waals surface area contributed by atoms with Gasteiger partial charge in [-0.25, -0.2) is 4.79 Å². The summed E-state index contributed by atoms with van der Waals surface area (Å²) in [6, 6.07) is 0. The van der Waals surface area contributed by atoms with Gasteiger partial charge in [-0.2, -0.15) is 0 Å². The SMILES string of the molecule is O=C(O)O.O[Si](O)(O)O.[AlH3].[NaH]. The molecule has 0 aliphatic heterocycles. The van der Waals surface area contributed by atoms with Gasteiger partial charge < -0.3 is 29.4 Å². The second kappa shape index (κ2) is 10.9. The van der Waals surface area contributed by atoms with Crippen molar-refractivity contribution in [1.29, 1.82) is 0 Å². The van der Waals surface area contributed by atoms with Crippen LogP contribution in [0.1, 0.15) is 0 Å². The molecule has 64 valence electrons. The van der Waals surface area contributed by atoms with E-state index in [0.29, 0.717) is 0 Å². The van der Waals surface area contributed by atoms with E-state index in [1.165, 1.54) is 0 Å². The Morgan fingerprint density at radius 1 is 1.00 bits per heavy atom. The van der Waals surface area contributed by atoms with Crippen LogP contribution in [0.4, 0.5) is 4.79 Å². The molecular formula is CH10AlNaO7Si. The first kappa shape index (κ1) is 22.6. The third kappa shape index (κ3) is 1150. The molecule has 6 N–H and O–H groups in total. The third-order valence-electron chi connectivity index (χ3n) is 0. The fraction of sp³-hybridized carbons (Fsp3) is 0. The van der Waals surface area contributed by atoms with Gasteiger partial charge in [0.2, 0.25) is 0 Å². The molecule has 0 aromatic heterocycles. The molecule has 0 bridgehead atoms. The molecule has 0 unspecified atom stereocenters. The summed E-state index contributed by atoms with van der Waals surface area (Å²) in [6.45, 7) is 0. The first-order valence-electron chi connectivity index (χ1n) is 1.55. The van der Waals surface area contributed by atoms with Crippen LogP contribution in [0.3, 0.4) is 0 Å². The molecule has 0 fully saturated rings. The Bertz CT molecular complexity index is 80.9. The first-order valence-corrected chi connectivity index (χ1v) is 3.33. The third-order valence-corrected chi connectivity index (χ3v) is 0. The van der Waals surface area contributed by atoms with Gasteiger partial charge in [-0.15, -0.1) is 0 Å². The number of hydrogen-bond acceptors (Lipinski definition) is 5. The second-order valence-corrected chi connectivity index (χ2v) is 2.08. The Morgan fingerprint density at radius 3 is 1.00 bits per heavy atom. The van der Waals surface area contributed by atoms with Gasteiger partial charge in [0.25, 0.3) is 0 Å². The Labute approximate surface area is 95.8 Å². The molecule has 0 radical (unpaired) electrons. The van der Waals surface area contributed by atoms with E-state index in [1.807, 2.05) is 0 Å². The van der Waals surface area contributed by atoms with Gasteiger partial charge in [0.1, 0.15) is 0 Å². The zero-order chi connectivity index (χ0) is 8.08. The van der Waals surface area contributed by atoms with Crippen molar-refractivity contribution in [2.24, 2.45) is 0 Å². The molecule has 0 aromatic rings. The van der Waals surface area contributed by atoms with Crippen molar-refractivity contribution in [1.82, 2.24) is 0 Å². The van der Waals surface area contributed by atoms with Gasteiger partial charge in [0, 0.05) is 0 Å². The first-order chi connectivity index (χ1) is 3.73. The summed E-state index contributed by atoms with van der Waals surface area (Å²) in [7, 11) is -4.61. The second-order valence-electron chi connectivity index (χ2n) is 0.883. The van der Waals surface area contributed by atoms with Crippen LogP contribution in [0.5, 0.6) is 0 Å². The van der Waals surface area contributed by atoms with Crippen molar-refractivity contribution in [3.63, 3.8) is 0 Å². The van der Waals surface area contributed by atoms with E-state index in [2.05, 4.69) is 0 Å².